The minimum absolute atomic E-state index is 0.131. The average Bonchev–Trinajstić information content (AvgIpc) is 3.36. The molecular weight excluding hydrogens is 470 g/mol. The van der Waals surface area contributed by atoms with Crippen LogP contribution in [0.4, 0.5) is 11.4 Å². The number of nitrogens with two attached hydrogens (primary N) is 1. The van der Waals surface area contributed by atoms with Crippen molar-refractivity contribution in [3.05, 3.63) is 89.7 Å². The number of ether oxygens (including phenoxy) is 2. The molecule has 0 aliphatic carbocycles. The molecule has 0 saturated heterocycles. The van der Waals surface area contributed by atoms with Crippen molar-refractivity contribution in [2.24, 2.45) is 0 Å². The molecule has 192 valence electrons. The lowest BCUT2D eigenvalue weighted by Crippen LogP contribution is -2.27. The summed E-state index contributed by atoms with van der Waals surface area (Å²) in [6, 6.07) is 21.3. The van der Waals surface area contributed by atoms with Gasteiger partial charge in [0.1, 0.15) is 17.9 Å². The number of fused-ring (bicyclic) bond motifs is 1. The van der Waals surface area contributed by atoms with Crippen LogP contribution in [0.15, 0.2) is 77.2 Å². The molecule has 0 aliphatic heterocycles. The molecule has 2 amide bonds. The van der Waals surface area contributed by atoms with Gasteiger partial charge in [0, 0.05) is 23.1 Å². The van der Waals surface area contributed by atoms with Crippen LogP contribution in [-0.4, -0.2) is 31.6 Å². The number of anilines is 2. The van der Waals surface area contributed by atoms with Crippen LogP contribution in [0.5, 0.6) is 5.75 Å². The molecule has 8 nitrogen and oxygen atoms in total. The third-order valence-corrected chi connectivity index (χ3v) is 5.79. The first-order chi connectivity index (χ1) is 18.0. The monoisotopic (exact) mass is 501 g/mol. The first-order valence-corrected chi connectivity index (χ1v) is 12.3. The van der Waals surface area contributed by atoms with Gasteiger partial charge in [0.25, 0.3) is 11.8 Å². The van der Waals surface area contributed by atoms with Crippen molar-refractivity contribution < 1.29 is 23.5 Å². The highest BCUT2D eigenvalue weighted by Crippen LogP contribution is 2.29. The zero-order chi connectivity index (χ0) is 26.2. The number of furan rings is 1. The maximum absolute atomic E-state index is 12.6. The van der Waals surface area contributed by atoms with Crippen LogP contribution in [0.1, 0.15) is 52.8 Å². The lowest BCUT2D eigenvalue weighted by molar-refractivity contribution is 0.0665. The maximum Gasteiger partial charge on any atom is 0.287 e. The normalized spacial score (nSPS) is 11.7. The first kappa shape index (κ1) is 25.8. The highest BCUT2D eigenvalue weighted by molar-refractivity contribution is 6.05. The van der Waals surface area contributed by atoms with Gasteiger partial charge in [-0.1, -0.05) is 37.3 Å². The van der Waals surface area contributed by atoms with Crippen LogP contribution < -0.4 is 21.1 Å². The molecule has 0 fully saturated rings. The van der Waals surface area contributed by atoms with Crippen LogP contribution in [0.2, 0.25) is 0 Å². The number of nitrogens with one attached hydrogen (secondary N) is 2. The molecule has 0 aliphatic rings. The minimum atomic E-state index is -0.319. The van der Waals surface area contributed by atoms with Crippen LogP contribution >= 0.6 is 0 Å². The Morgan fingerprint density at radius 2 is 1.76 bits per heavy atom. The minimum Gasteiger partial charge on any atom is -0.492 e. The van der Waals surface area contributed by atoms with E-state index in [4.69, 9.17) is 19.6 Å². The number of para-hydroxylation sites is 3. The van der Waals surface area contributed by atoms with E-state index in [2.05, 4.69) is 17.6 Å². The number of hydrogen-bond acceptors (Lipinski definition) is 6. The first-order valence-electron chi connectivity index (χ1n) is 12.3. The summed E-state index contributed by atoms with van der Waals surface area (Å²) < 4.78 is 17.4. The maximum atomic E-state index is 12.6. The van der Waals surface area contributed by atoms with E-state index in [0.717, 1.165) is 17.4 Å². The van der Waals surface area contributed by atoms with E-state index >= 15 is 0 Å². The zero-order valence-corrected chi connectivity index (χ0v) is 21.0. The van der Waals surface area contributed by atoms with Crippen molar-refractivity contribution in [1.29, 1.82) is 0 Å². The molecule has 1 heterocycles. The summed E-state index contributed by atoms with van der Waals surface area (Å²) in [4.78, 5) is 25.1. The predicted octanol–water partition coefficient (Wildman–Crippen LogP) is 5.56. The molecule has 0 radical (unpaired) electrons. The average molecular weight is 502 g/mol. The van der Waals surface area contributed by atoms with Gasteiger partial charge < -0.3 is 30.3 Å². The van der Waals surface area contributed by atoms with E-state index in [9.17, 15) is 9.59 Å². The van der Waals surface area contributed by atoms with E-state index in [1.54, 1.807) is 54.6 Å². The van der Waals surface area contributed by atoms with Crippen molar-refractivity contribution in [3.8, 4) is 5.75 Å². The van der Waals surface area contributed by atoms with Gasteiger partial charge in [-0.3, -0.25) is 9.59 Å². The Bertz CT molecular complexity index is 1360. The quantitative estimate of drug-likeness (QED) is 0.183. The summed E-state index contributed by atoms with van der Waals surface area (Å²) in [5.41, 5.74) is 8.98. The fourth-order valence-electron chi connectivity index (χ4n) is 3.83. The van der Waals surface area contributed by atoms with Crippen molar-refractivity contribution in [1.82, 2.24) is 5.32 Å². The van der Waals surface area contributed by atoms with Crippen molar-refractivity contribution in [3.63, 3.8) is 0 Å². The van der Waals surface area contributed by atoms with Gasteiger partial charge in [-0.05, 0) is 55.8 Å². The standard InChI is InChI=1S/C29H31N3O5/c1-3-16-35-19(2)23-8-6-7-21-18-26(37-27(21)23)29(34)31-15-17-36-22-13-11-20(12-14-22)28(33)32-25-10-5-4-9-24(25)30/h4-14,18-19H,3,15-17,30H2,1-2H3,(H,31,34)(H,32,33). The Morgan fingerprint density at radius 3 is 2.51 bits per heavy atom. The van der Waals surface area contributed by atoms with Gasteiger partial charge in [0.05, 0.1) is 24.0 Å². The number of carbonyl (C=O) groups is 2. The molecule has 8 heteroatoms. The summed E-state index contributed by atoms with van der Waals surface area (Å²) in [6.45, 7) is 5.23. The van der Waals surface area contributed by atoms with Gasteiger partial charge in [0.2, 0.25) is 0 Å². The van der Waals surface area contributed by atoms with Gasteiger partial charge in [-0.15, -0.1) is 0 Å². The fourth-order valence-corrected chi connectivity index (χ4v) is 3.83. The third-order valence-electron chi connectivity index (χ3n) is 5.79. The largest absolute Gasteiger partial charge is 0.492 e. The SMILES string of the molecule is CCCOC(C)c1cccc2cc(C(=O)NCCOc3ccc(C(=O)Nc4ccccc4N)cc3)oc12. The van der Waals surface area contributed by atoms with Crippen LogP contribution in [0.3, 0.4) is 0 Å². The van der Waals surface area contributed by atoms with E-state index in [1.165, 1.54) is 0 Å². The number of hydrogen-bond donors (Lipinski definition) is 3. The molecule has 0 spiro atoms. The molecule has 4 N–H and O–H groups in total. The van der Waals surface area contributed by atoms with Crippen LogP contribution in [-0.2, 0) is 4.74 Å². The van der Waals surface area contributed by atoms with E-state index in [0.29, 0.717) is 34.9 Å². The topological polar surface area (TPSA) is 116 Å². The van der Waals surface area contributed by atoms with Gasteiger partial charge in [-0.25, -0.2) is 0 Å². The van der Waals surface area contributed by atoms with Gasteiger partial charge in [-0.2, -0.15) is 0 Å². The molecule has 3 aromatic carbocycles. The molecule has 1 atom stereocenters. The van der Waals surface area contributed by atoms with E-state index < -0.39 is 0 Å². The van der Waals surface area contributed by atoms with E-state index in [-0.39, 0.29) is 36.8 Å². The number of benzene rings is 3. The summed E-state index contributed by atoms with van der Waals surface area (Å²) in [7, 11) is 0. The molecule has 4 rings (SSSR count). The van der Waals surface area contributed by atoms with Crippen LogP contribution in [0, 0.1) is 0 Å². The van der Waals surface area contributed by atoms with Crippen molar-refractivity contribution in [2.45, 2.75) is 26.4 Å². The fraction of sp³-hybridized carbons (Fsp3) is 0.241. The molecule has 1 aromatic heterocycles. The lowest BCUT2D eigenvalue weighted by Gasteiger charge is -2.12. The summed E-state index contributed by atoms with van der Waals surface area (Å²) in [5, 5.41) is 6.45. The highest BCUT2D eigenvalue weighted by atomic mass is 16.5. The summed E-state index contributed by atoms with van der Waals surface area (Å²) >= 11 is 0. The second-order valence-corrected chi connectivity index (χ2v) is 8.56. The molecule has 37 heavy (non-hydrogen) atoms. The molecule has 0 saturated carbocycles. The lowest BCUT2D eigenvalue weighted by atomic mass is 10.1. The molecular formula is C29H31N3O5. The molecule has 0 bridgehead atoms. The number of carbonyl (C=O) groups excluding carboxylic acids is 2. The van der Waals surface area contributed by atoms with Gasteiger partial charge >= 0.3 is 0 Å². The Balaban J connectivity index is 1.27. The zero-order valence-electron chi connectivity index (χ0n) is 21.0. The Morgan fingerprint density at radius 1 is 0.973 bits per heavy atom. The second kappa shape index (κ2) is 12.1. The summed E-state index contributed by atoms with van der Waals surface area (Å²) in [5.74, 6) is 0.233. The number of amides is 2. The van der Waals surface area contributed by atoms with Crippen LogP contribution in [0.25, 0.3) is 11.0 Å². The Kier molecular flexibility index (Phi) is 8.43. The smallest absolute Gasteiger partial charge is 0.287 e. The van der Waals surface area contributed by atoms with Crippen molar-refractivity contribution in [2.75, 3.05) is 30.8 Å². The highest BCUT2D eigenvalue weighted by Gasteiger charge is 2.17. The Hall–Kier alpha value is -4.30. The number of rotatable bonds is 11. The number of nitrogen functional groups attached to an aromatic ring is 1. The van der Waals surface area contributed by atoms with Gasteiger partial charge in [0.15, 0.2) is 5.76 Å². The van der Waals surface area contributed by atoms with Crippen molar-refractivity contribution >= 4 is 34.2 Å². The predicted molar refractivity (Wildman–Crippen MR) is 144 cm³/mol. The molecule has 4 aromatic rings. The molecule has 1 unspecified atom stereocenters. The van der Waals surface area contributed by atoms with E-state index in [1.807, 2.05) is 25.1 Å². The second-order valence-electron chi connectivity index (χ2n) is 8.56. The Labute approximate surface area is 215 Å². The third kappa shape index (κ3) is 6.48. The summed E-state index contributed by atoms with van der Waals surface area (Å²) in [6.07, 6.45) is 0.797.